The van der Waals surface area contributed by atoms with Crippen LogP contribution in [0.5, 0.6) is 0 Å². The molecule has 4 rings (SSSR count). The molecule has 1 N–H and O–H groups in total. The molecular weight excluding hydrogens is 481 g/mol. The van der Waals surface area contributed by atoms with Crippen LogP contribution in [0.1, 0.15) is 62.1 Å². The molecule has 4 aliphatic rings. The van der Waals surface area contributed by atoms with Gasteiger partial charge in [-0.3, -0.25) is 9.35 Å². The summed E-state index contributed by atoms with van der Waals surface area (Å²) in [7, 11) is -4.24. The second-order valence-electron chi connectivity index (χ2n) is 8.14. The topological polar surface area (TPSA) is 71.4 Å². The molecule has 0 amide bonds. The summed E-state index contributed by atoms with van der Waals surface area (Å²) in [4.78, 5) is 12.0. The largest absolute Gasteiger partial charge is 1.00 e. The standard InChI is InChI=1S/C10H16O4S.2C4H8S.2Na.Ni.2H/c1-9(2)6-4-5-10(9,3)8(11)7(6)15(12,13)14;2*1-2-4-5-3-1;;;;;/h6-7H,4-5H2,1-3H3,(H,12,13,14);2*1-4H2;;;;;/q;;;2*+1;;2*-1. The summed E-state index contributed by atoms with van der Waals surface area (Å²) in [6.45, 7) is 5.67. The summed E-state index contributed by atoms with van der Waals surface area (Å²) in [5.74, 6) is 5.14. The van der Waals surface area contributed by atoms with Gasteiger partial charge in [0.15, 0.2) is 5.78 Å². The molecule has 28 heavy (non-hydrogen) atoms. The Balaban J connectivity index is -0.000000191. The summed E-state index contributed by atoms with van der Waals surface area (Å²) in [5.41, 5.74) is -0.914. The van der Waals surface area contributed by atoms with Gasteiger partial charge in [-0.05, 0) is 72.9 Å². The van der Waals surface area contributed by atoms with Gasteiger partial charge in [-0.15, -0.1) is 0 Å². The Morgan fingerprint density at radius 3 is 1.54 bits per heavy atom. The molecule has 160 valence electrons. The van der Waals surface area contributed by atoms with Crippen LogP contribution >= 0.6 is 23.5 Å². The fourth-order valence-corrected chi connectivity index (χ4v) is 7.83. The molecule has 2 aliphatic heterocycles. The number of carbonyl (C=O) groups is 1. The fraction of sp³-hybridized carbons (Fsp3) is 0.944. The zero-order valence-corrected chi connectivity index (χ0v) is 25.4. The maximum Gasteiger partial charge on any atom is 1.00 e. The van der Waals surface area contributed by atoms with Crippen LogP contribution in [0, 0.1) is 16.7 Å². The molecule has 3 atom stereocenters. The van der Waals surface area contributed by atoms with Gasteiger partial charge in [-0.25, -0.2) is 0 Å². The van der Waals surface area contributed by atoms with Gasteiger partial charge in [0.05, 0.1) is 0 Å². The second kappa shape index (κ2) is 14.1. The van der Waals surface area contributed by atoms with Crippen LogP contribution in [-0.4, -0.2) is 47.0 Å². The van der Waals surface area contributed by atoms with E-state index in [0.29, 0.717) is 6.42 Å². The minimum absolute atomic E-state index is 0. The molecule has 0 spiro atoms. The smallest absolute Gasteiger partial charge is 1.00 e. The fourth-order valence-electron chi connectivity index (χ4n) is 4.37. The monoisotopic (exact) mass is 514 g/mol. The molecule has 4 nitrogen and oxygen atoms in total. The number of Topliss-reactive ketones (excluding diaryl/α,β-unsaturated/α-hetero) is 1. The third-order valence-corrected chi connectivity index (χ3v) is 9.94. The van der Waals surface area contributed by atoms with Crippen molar-refractivity contribution < 1.29 is 96.2 Å². The second-order valence-corrected chi connectivity index (χ2v) is 12.1. The molecule has 0 aromatic heterocycles. The molecule has 10 heteroatoms. The predicted molar refractivity (Wildman–Crippen MR) is 110 cm³/mol. The van der Waals surface area contributed by atoms with Crippen LogP contribution in [0.4, 0.5) is 0 Å². The zero-order chi connectivity index (χ0) is 18.7. The minimum Gasteiger partial charge on any atom is -1.00 e. The number of fused-ring (bicyclic) bond motifs is 2. The van der Waals surface area contributed by atoms with Crippen molar-refractivity contribution in [3.63, 3.8) is 0 Å². The SMILES string of the molecule is C1CCSC1.C1CCSC1.CC12CCC(C(S(=O)(=O)O)C1=O)C2(C)C.[H-].[H-].[Na+].[Na+].[Ni]. The molecule has 3 unspecified atom stereocenters. The first kappa shape index (κ1) is 32.9. The third kappa shape index (κ3) is 7.68. The Kier molecular flexibility index (Phi) is 16.6. The molecule has 2 heterocycles. The van der Waals surface area contributed by atoms with Crippen molar-refractivity contribution in [3.05, 3.63) is 0 Å². The van der Waals surface area contributed by atoms with Crippen molar-refractivity contribution in [2.24, 2.45) is 16.7 Å². The molecule has 0 aromatic rings. The minimum atomic E-state index is -4.24. The summed E-state index contributed by atoms with van der Waals surface area (Å²) < 4.78 is 31.5. The van der Waals surface area contributed by atoms with E-state index in [-0.39, 0.29) is 95.6 Å². The normalized spacial score (nSPS) is 31.9. The number of hydrogen-bond donors (Lipinski definition) is 1. The first-order valence-corrected chi connectivity index (χ1v) is 13.1. The van der Waals surface area contributed by atoms with Crippen LogP contribution in [0.2, 0.25) is 0 Å². The van der Waals surface area contributed by atoms with Crippen LogP contribution in [-0.2, 0) is 31.4 Å². The van der Waals surface area contributed by atoms with Crippen LogP contribution in [0.25, 0.3) is 0 Å². The summed E-state index contributed by atoms with van der Waals surface area (Å²) >= 11 is 4.15. The van der Waals surface area contributed by atoms with Crippen molar-refractivity contribution >= 4 is 39.4 Å². The molecule has 2 saturated carbocycles. The van der Waals surface area contributed by atoms with Crippen molar-refractivity contribution in [1.82, 2.24) is 0 Å². The third-order valence-electron chi connectivity index (χ3n) is 6.45. The van der Waals surface area contributed by atoms with E-state index in [1.165, 1.54) is 48.7 Å². The van der Waals surface area contributed by atoms with Gasteiger partial charge in [-0.1, -0.05) is 20.8 Å². The van der Waals surface area contributed by atoms with Gasteiger partial charge in [0.1, 0.15) is 5.25 Å². The molecule has 0 aromatic carbocycles. The van der Waals surface area contributed by atoms with Gasteiger partial charge >= 0.3 is 59.1 Å². The van der Waals surface area contributed by atoms with Gasteiger partial charge in [0.25, 0.3) is 10.1 Å². The van der Waals surface area contributed by atoms with E-state index in [2.05, 4.69) is 23.5 Å². The average molecular weight is 515 g/mol. The summed E-state index contributed by atoms with van der Waals surface area (Å²) in [6, 6.07) is 0. The predicted octanol–water partition coefficient (Wildman–Crippen LogP) is -1.47. The van der Waals surface area contributed by atoms with Gasteiger partial charge in [-0.2, -0.15) is 31.9 Å². The summed E-state index contributed by atoms with van der Waals surface area (Å²) in [6.07, 6.45) is 7.29. The van der Waals surface area contributed by atoms with Crippen LogP contribution < -0.4 is 59.1 Å². The van der Waals surface area contributed by atoms with Gasteiger partial charge < -0.3 is 2.85 Å². The van der Waals surface area contributed by atoms with Crippen molar-refractivity contribution in [3.8, 4) is 0 Å². The molecule has 2 saturated heterocycles. The van der Waals surface area contributed by atoms with Crippen LogP contribution in [0.15, 0.2) is 0 Å². The average Bonchev–Trinajstić information content (AvgIpc) is 3.29. The summed E-state index contributed by atoms with van der Waals surface area (Å²) in [5, 5.41) is -1.19. The maximum absolute atomic E-state index is 12.0. The van der Waals surface area contributed by atoms with Crippen molar-refractivity contribution in [1.29, 1.82) is 0 Å². The Hall–Kier alpha value is 2.77. The Bertz CT molecular complexity index is 567. The first-order chi connectivity index (χ1) is 11.6. The number of ketones is 1. The number of hydrogen-bond acceptors (Lipinski definition) is 5. The van der Waals surface area contributed by atoms with E-state index < -0.39 is 20.8 Å². The van der Waals surface area contributed by atoms with E-state index in [1.54, 1.807) is 0 Å². The first-order valence-electron chi connectivity index (χ1n) is 9.28. The van der Waals surface area contributed by atoms with E-state index in [0.717, 1.165) is 6.42 Å². The molecular formula is C18H34Na2NiO4S3. The van der Waals surface area contributed by atoms with E-state index in [4.69, 9.17) is 4.55 Å². The Labute approximate surface area is 237 Å². The van der Waals surface area contributed by atoms with E-state index in [9.17, 15) is 13.2 Å². The number of rotatable bonds is 1. The Morgan fingerprint density at radius 1 is 0.964 bits per heavy atom. The Morgan fingerprint density at radius 2 is 1.36 bits per heavy atom. The van der Waals surface area contributed by atoms with E-state index in [1.807, 2.05) is 20.8 Å². The zero-order valence-electron chi connectivity index (χ0n) is 19.9. The quantitative estimate of drug-likeness (QED) is 0.340. The van der Waals surface area contributed by atoms with Crippen molar-refractivity contribution in [2.45, 2.75) is 64.5 Å². The molecule has 4 fully saturated rings. The van der Waals surface area contributed by atoms with Crippen molar-refractivity contribution in [2.75, 3.05) is 23.0 Å². The molecule has 0 radical (unpaired) electrons. The van der Waals surface area contributed by atoms with Gasteiger partial charge in [0, 0.05) is 21.9 Å². The molecule has 2 bridgehead atoms. The maximum atomic E-state index is 12.0. The molecule has 2 aliphatic carbocycles. The van der Waals surface area contributed by atoms with Crippen LogP contribution in [0.3, 0.4) is 0 Å². The van der Waals surface area contributed by atoms with Gasteiger partial charge in [0.2, 0.25) is 0 Å². The number of carbonyl (C=O) groups excluding carboxylic acids is 1. The van der Waals surface area contributed by atoms with E-state index >= 15 is 0 Å². The number of thioether (sulfide) groups is 2.